The Morgan fingerprint density at radius 2 is 2.17 bits per heavy atom. The van der Waals surface area contributed by atoms with Gasteiger partial charge >= 0.3 is 0 Å². The van der Waals surface area contributed by atoms with Crippen LogP contribution in [0.2, 0.25) is 0 Å². The molecule has 0 bridgehead atoms. The van der Waals surface area contributed by atoms with E-state index in [1.807, 2.05) is 0 Å². The maximum absolute atomic E-state index is 11.2. The zero-order chi connectivity index (χ0) is 13.1. The van der Waals surface area contributed by atoms with Crippen molar-refractivity contribution >= 4 is 11.6 Å². The largest absolute Gasteiger partial charge is 0.474 e. The van der Waals surface area contributed by atoms with Gasteiger partial charge in [-0.05, 0) is 25.2 Å². The van der Waals surface area contributed by atoms with Crippen LogP contribution in [-0.4, -0.2) is 17.0 Å². The van der Waals surface area contributed by atoms with Crippen molar-refractivity contribution in [3.63, 3.8) is 0 Å². The molecular weight excluding hydrogens is 230 g/mol. The van der Waals surface area contributed by atoms with Crippen LogP contribution in [0.3, 0.4) is 0 Å². The van der Waals surface area contributed by atoms with E-state index < -0.39 is 5.91 Å². The number of carbonyl (C=O) groups excluding carboxylic acids is 1. The highest BCUT2D eigenvalue weighted by atomic mass is 16.5. The quantitative estimate of drug-likeness (QED) is 0.853. The van der Waals surface area contributed by atoms with E-state index in [4.69, 9.17) is 16.2 Å². The molecule has 1 heterocycles. The molecule has 1 aromatic rings. The summed E-state index contributed by atoms with van der Waals surface area (Å²) in [4.78, 5) is 15.3. The minimum absolute atomic E-state index is 0.163. The minimum Gasteiger partial charge on any atom is -0.474 e. The van der Waals surface area contributed by atoms with E-state index in [0.29, 0.717) is 11.8 Å². The van der Waals surface area contributed by atoms with Crippen LogP contribution in [0.15, 0.2) is 12.3 Å². The minimum atomic E-state index is -0.559. The van der Waals surface area contributed by atoms with Gasteiger partial charge in [-0.2, -0.15) is 0 Å². The molecule has 0 aromatic carbocycles. The van der Waals surface area contributed by atoms with Gasteiger partial charge < -0.3 is 16.2 Å². The predicted octanol–water partition coefficient (Wildman–Crippen LogP) is 1.72. The number of anilines is 1. The van der Waals surface area contributed by atoms with Crippen molar-refractivity contribution < 1.29 is 9.53 Å². The van der Waals surface area contributed by atoms with Crippen molar-refractivity contribution in [1.82, 2.24) is 4.98 Å². The van der Waals surface area contributed by atoms with E-state index in [1.54, 1.807) is 0 Å². The van der Waals surface area contributed by atoms with E-state index in [1.165, 1.54) is 31.5 Å². The number of amides is 1. The second-order valence-electron chi connectivity index (χ2n) is 4.89. The summed E-state index contributed by atoms with van der Waals surface area (Å²) in [6, 6.07) is 1.53. The molecule has 4 N–H and O–H groups in total. The van der Waals surface area contributed by atoms with Gasteiger partial charge in [0.05, 0.1) is 17.4 Å². The molecule has 0 radical (unpaired) electrons. The lowest BCUT2D eigenvalue weighted by atomic mass is 9.88. The Bertz CT molecular complexity index is 448. The van der Waals surface area contributed by atoms with Crippen LogP contribution in [-0.2, 0) is 0 Å². The predicted molar refractivity (Wildman–Crippen MR) is 69.2 cm³/mol. The molecule has 1 aliphatic rings. The molecule has 2 unspecified atom stereocenters. The standard InChI is InChI=1S/C13H19N3O2/c1-8-4-2-3-5-11(8)18-12-6-9(13(15)17)10(14)7-16-12/h6-8,11H,2-5,14H2,1H3,(H2,15,17). The third-order valence-corrected chi connectivity index (χ3v) is 3.48. The highest BCUT2D eigenvalue weighted by Crippen LogP contribution is 2.28. The molecule has 5 nitrogen and oxygen atoms in total. The van der Waals surface area contributed by atoms with E-state index in [2.05, 4.69) is 11.9 Å². The fraction of sp³-hybridized carbons (Fsp3) is 0.538. The normalized spacial score (nSPS) is 23.6. The summed E-state index contributed by atoms with van der Waals surface area (Å²) in [5, 5.41) is 0. The highest BCUT2D eigenvalue weighted by Gasteiger charge is 2.23. The molecule has 2 atom stereocenters. The first-order valence-electron chi connectivity index (χ1n) is 6.30. The number of hydrogen-bond donors (Lipinski definition) is 2. The summed E-state index contributed by atoms with van der Waals surface area (Å²) >= 11 is 0. The Balaban J connectivity index is 2.14. The Labute approximate surface area is 107 Å². The lowest BCUT2D eigenvalue weighted by molar-refractivity contribution is 0.0958. The Morgan fingerprint density at radius 1 is 1.44 bits per heavy atom. The average Bonchev–Trinajstić information content (AvgIpc) is 2.34. The van der Waals surface area contributed by atoms with E-state index in [9.17, 15) is 4.79 Å². The number of pyridine rings is 1. The van der Waals surface area contributed by atoms with Crippen LogP contribution < -0.4 is 16.2 Å². The number of rotatable bonds is 3. The zero-order valence-electron chi connectivity index (χ0n) is 10.6. The summed E-state index contributed by atoms with van der Waals surface area (Å²) < 4.78 is 5.84. The van der Waals surface area contributed by atoms with Crippen LogP contribution in [0.4, 0.5) is 5.69 Å². The van der Waals surface area contributed by atoms with Crippen LogP contribution in [0, 0.1) is 5.92 Å². The van der Waals surface area contributed by atoms with Gasteiger partial charge in [0, 0.05) is 6.07 Å². The van der Waals surface area contributed by atoms with E-state index >= 15 is 0 Å². The Hall–Kier alpha value is -1.78. The molecule has 1 fully saturated rings. The molecule has 18 heavy (non-hydrogen) atoms. The SMILES string of the molecule is CC1CCCCC1Oc1cc(C(N)=O)c(N)cn1. The number of nitrogens with two attached hydrogens (primary N) is 2. The number of carbonyl (C=O) groups is 1. The Morgan fingerprint density at radius 3 is 2.83 bits per heavy atom. The third-order valence-electron chi connectivity index (χ3n) is 3.48. The summed E-state index contributed by atoms with van der Waals surface area (Å²) in [6.45, 7) is 2.18. The first-order chi connectivity index (χ1) is 8.58. The molecule has 98 valence electrons. The van der Waals surface area contributed by atoms with Gasteiger partial charge in [-0.1, -0.05) is 13.3 Å². The Kier molecular flexibility index (Phi) is 3.69. The monoisotopic (exact) mass is 249 g/mol. The smallest absolute Gasteiger partial charge is 0.251 e. The molecule has 0 spiro atoms. The van der Waals surface area contributed by atoms with Gasteiger partial charge in [-0.15, -0.1) is 0 Å². The summed E-state index contributed by atoms with van der Waals surface area (Å²) in [7, 11) is 0. The number of nitrogen functional groups attached to an aromatic ring is 1. The van der Waals surface area contributed by atoms with E-state index in [0.717, 1.165) is 6.42 Å². The second kappa shape index (κ2) is 5.25. The number of hydrogen-bond acceptors (Lipinski definition) is 4. The number of aromatic nitrogens is 1. The maximum atomic E-state index is 11.2. The number of ether oxygens (including phenoxy) is 1. The van der Waals surface area contributed by atoms with Crippen molar-refractivity contribution in [2.75, 3.05) is 5.73 Å². The molecule has 2 rings (SSSR count). The molecule has 0 saturated heterocycles. The number of primary amides is 1. The van der Waals surface area contributed by atoms with Crippen LogP contribution in [0.25, 0.3) is 0 Å². The molecule has 1 saturated carbocycles. The summed E-state index contributed by atoms with van der Waals surface area (Å²) in [6.07, 6.45) is 6.20. The first-order valence-corrected chi connectivity index (χ1v) is 6.30. The fourth-order valence-corrected chi connectivity index (χ4v) is 2.34. The average molecular weight is 249 g/mol. The first kappa shape index (κ1) is 12.7. The summed E-state index contributed by atoms with van der Waals surface area (Å²) in [5.74, 6) is 0.378. The van der Waals surface area contributed by atoms with Crippen molar-refractivity contribution in [2.45, 2.75) is 38.7 Å². The second-order valence-corrected chi connectivity index (χ2v) is 4.89. The lowest BCUT2D eigenvalue weighted by Crippen LogP contribution is -2.28. The fourth-order valence-electron chi connectivity index (χ4n) is 2.34. The zero-order valence-corrected chi connectivity index (χ0v) is 10.6. The van der Waals surface area contributed by atoms with Crippen molar-refractivity contribution in [3.05, 3.63) is 17.8 Å². The van der Waals surface area contributed by atoms with Crippen molar-refractivity contribution in [1.29, 1.82) is 0 Å². The van der Waals surface area contributed by atoms with Gasteiger partial charge in [-0.25, -0.2) is 4.98 Å². The van der Waals surface area contributed by atoms with Gasteiger partial charge in [-0.3, -0.25) is 4.79 Å². The topological polar surface area (TPSA) is 91.2 Å². The number of nitrogens with zero attached hydrogens (tertiary/aromatic N) is 1. The van der Waals surface area contributed by atoms with Crippen LogP contribution >= 0.6 is 0 Å². The highest BCUT2D eigenvalue weighted by molar-refractivity contribution is 5.97. The van der Waals surface area contributed by atoms with E-state index in [-0.39, 0.29) is 17.4 Å². The molecule has 1 aliphatic carbocycles. The van der Waals surface area contributed by atoms with Gasteiger partial charge in [0.15, 0.2) is 0 Å². The molecule has 1 amide bonds. The van der Waals surface area contributed by atoms with Crippen molar-refractivity contribution in [3.8, 4) is 5.88 Å². The van der Waals surface area contributed by atoms with Crippen LogP contribution in [0.1, 0.15) is 43.0 Å². The maximum Gasteiger partial charge on any atom is 0.251 e. The van der Waals surface area contributed by atoms with Crippen LogP contribution in [0.5, 0.6) is 5.88 Å². The molecule has 1 aromatic heterocycles. The molecule has 5 heteroatoms. The molecule has 0 aliphatic heterocycles. The molecular formula is C13H19N3O2. The van der Waals surface area contributed by atoms with Gasteiger partial charge in [0.1, 0.15) is 6.10 Å². The van der Waals surface area contributed by atoms with Crippen molar-refractivity contribution in [2.24, 2.45) is 11.7 Å². The van der Waals surface area contributed by atoms with Gasteiger partial charge in [0.2, 0.25) is 5.88 Å². The summed E-state index contributed by atoms with van der Waals surface area (Å²) in [5.41, 5.74) is 11.4. The van der Waals surface area contributed by atoms with Gasteiger partial charge in [0.25, 0.3) is 5.91 Å². The lowest BCUT2D eigenvalue weighted by Gasteiger charge is -2.28. The third kappa shape index (κ3) is 2.72.